The molecule has 0 spiro atoms. The van der Waals surface area contributed by atoms with Gasteiger partial charge in [0, 0.05) is 0 Å². The highest BCUT2D eigenvalue weighted by Crippen LogP contribution is 2.36. The molecule has 2 aliphatic heterocycles. The van der Waals surface area contributed by atoms with Crippen LogP contribution in [0.2, 0.25) is 0 Å². The van der Waals surface area contributed by atoms with Gasteiger partial charge in [0.15, 0.2) is 0 Å². The Hall–Kier alpha value is -1.44. The molecule has 0 radical (unpaired) electrons. The Morgan fingerprint density at radius 2 is 1.71 bits per heavy atom. The van der Waals surface area contributed by atoms with Gasteiger partial charge in [0.05, 0.1) is 24.3 Å². The molecule has 0 N–H and O–H groups in total. The molecule has 28 heavy (non-hydrogen) atoms. The molecular weight excluding hydrogens is 380 g/mol. The van der Waals surface area contributed by atoms with Gasteiger partial charge in [0.25, 0.3) is 0 Å². The first-order valence-corrected chi connectivity index (χ1v) is 9.46. The van der Waals surface area contributed by atoms with Gasteiger partial charge in [-0.2, -0.15) is 0 Å². The van der Waals surface area contributed by atoms with Crippen molar-refractivity contribution in [3.8, 4) is 5.75 Å². The second-order valence-electron chi connectivity index (χ2n) is 9.29. The third-order valence-electron chi connectivity index (χ3n) is 5.19. The van der Waals surface area contributed by atoms with Crippen molar-refractivity contribution in [3.05, 3.63) is 24.3 Å². The number of hydrogen-bond donors (Lipinski definition) is 0. The average Bonchev–Trinajstić information content (AvgIpc) is 2.69. The maximum Gasteiger partial charge on any atom is 0.494 e. The third-order valence-corrected chi connectivity index (χ3v) is 5.19. The van der Waals surface area contributed by atoms with Crippen molar-refractivity contribution in [2.24, 2.45) is 0 Å². The summed E-state index contributed by atoms with van der Waals surface area (Å²) in [4.78, 5) is 13.7. The maximum atomic E-state index is 12.0. The van der Waals surface area contributed by atoms with Crippen LogP contribution >= 0.6 is 12.4 Å². The van der Waals surface area contributed by atoms with Crippen LogP contribution in [0.1, 0.15) is 48.5 Å². The molecule has 1 aromatic rings. The molecule has 0 aromatic heterocycles. The van der Waals surface area contributed by atoms with Crippen LogP contribution < -0.4 is 10.2 Å². The maximum absolute atomic E-state index is 12.0. The van der Waals surface area contributed by atoms with Gasteiger partial charge in [-0.3, -0.25) is 0 Å². The van der Waals surface area contributed by atoms with E-state index in [1.807, 2.05) is 72.7 Å². The quantitative estimate of drug-likeness (QED) is 0.713. The largest absolute Gasteiger partial charge is 0.494 e. The van der Waals surface area contributed by atoms with Crippen LogP contribution in [0.5, 0.6) is 5.75 Å². The highest BCUT2D eigenvalue weighted by atomic mass is 35.5. The molecule has 0 atom stereocenters. The summed E-state index contributed by atoms with van der Waals surface area (Å²) >= 11 is 0. The molecule has 2 saturated heterocycles. The highest BCUT2D eigenvalue weighted by Gasteiger charge is 2.51. The first-order valence-electron chi connectivity index (χ1n) is 9.46. The number of halogens is 1. The van der Waals surface area contributed by atoms with Gasteiger partial charge in [-0.15, -0.1) is 12.4 Å². The number of likely N-dealkylation sites (tertiary alicyclic amines) is 1. The van der Waals surface area contributed by atoms with E-state index in [-0.39, 0.29) is 35.8 Å². The highest BCUT2D eigenvalue weighted by molar-refractivity contribution is 6.62. The Morgan fingerprint density at radius 1 is 1.14 bits per heavy atom. The van der Waals surface area contributed by atoms with Gasteiger partial charge in [0.1, 0.15) is 17.5 Å². The monoisotopic (exact) mass is 411 g/mol. The molecule has 0 bridgehead atoms. The summed E-state index contributed by atoms with van der Waals surface area (Å²) in [5, 5.41) is 0. The van der Waals surface area contributed by atoms with Crippen LogP contribution in [0.25, 0.3) is 0 Å². The van der Waals surface area contributed by atoms with E-state index in [0.717, 1.165) is 11.2 Å². The first kappa shape index (κ1) is 22.8. The first-order chi connectivity index (χ1) is 12.4. The summed E-state index contributed by atoms with van der Waals surface area (Å²) in [7, 11) is -0.418. The molecule has 0 saturated carbocycles. The number of rotatable bonds is 3. The van der Waals surface area contributed by atoms with Crippen LogP contribution in [0.15, 0.2) is 24.3 Å². The lowest BCUT2D eigenvalue weighted by atomic mass is 9.79. The fourth-order valence-corrected chi connectivity index (χ4v) is 2.89. The Labute approximate surface area is 174 Å². The number of benzene rings is 1. The van der Waals surface area contributed by atoms with E-state index in [4.69, 9.17) is 18.8 Å². The lowest BCUT2D eigenvalue weighted by Crippen LogP contribution is -2.57. The van der Waals surface area contributed by atoms with E-state index in [1.54, 1.807) is 4.90 Å². The fraction of sp³-hybridized carbons (Fsp3) is 0.650. The lowest BCUT2D eigenvalue weighted by Gasteiger charge is -2.39. The zero-order chi connectivity index (χ0) is 20.0. The minimum Gasteiger partial charge on any atom is -0.487 e. The molecule has 0 aliphatic carbocycles. The zero-order valence-corrected chi connectivity index (χ0v) is 18.6. The number of nitrogens with zero attached hydrogens (tertiary/aromatic N) is 1. The number of amides is 1. The van der Waals surface area contributed by atoms with Crippen LogP contribution in [0.4, 0.5) is 4.79 Å². The van der Waals surface area contributed by atoms with Crippen molar-refractivity contribution < 1.29 is 23.6 Å². The molecule has 1 amide bonds. The molecule has 6 nitrogen and oxygen atoms in total. The molecule has 3 rings (SSSR count). The second-order valence-corrected chi connectivity index (χ2v) is 9.29. The summed E-state index contributed by atoms with van der Waals surface area (Å²) in [5.74, 6) is 0.746. The van der Waals surface area contributed by atoms with Gasteiger partial charge >= 0.3 is 13.2 Å². The zero-order valence-electron chi connectivity index (χ0n) is 17.8. The smallest absolute Gasteiger partial charge is 0.487 e. The molecule has 1 aromatic carbocycles. The predicted octanol–water partition coefficient (Wildman–Crippen LogP) is 3.41. The standard InChI is InChI=1S/C20H30BNO5.ClH/c1-18(2,3)25-17(23)22-12-16(13-22)24-15-10-8-9-14(11-15)21-26-19(4,5)20(6,7)27-21;/h8-11,16H,12-13H2,1-7H3;1H. The number of carbonyl (C=O) groups is 1. The predicted molar refractivity (Wildman–Crippen MR) is 112 cm³/mol. The molecule has 156 valence electrons. The minimum absolute atomic E-state index is 0. The van der Waals surface area contributed by atoms with Crippen LogP contribution in [0, 0.1) is 0 Å². The minimum atomic E-state index is -0.486. The van der Waals surface area contributed by atoms with Crippen molar-refractivity contribution in [2.45, 2.75) is 71.4 Å². The van der Waals surface area contributed by atoms with Gasteiger partial charge in [-0.25, -0.2) is 4.79 Å². The third kappa shape index (κ3) is 4.94. The summed E-state index contributed by atoms with van der Waals surface area (Å²) in [6, 6.07) is 7.76. The van der Waals surface area contributed by atoms with Gasteiger partial charge in [0.2, 0.25) is 0 Å². The van der Waals surface area contributed by atoms with Gasteiger partial charge in [-0.1, -0.05) is 12.1 Å². The van der Waals surface area contributed by atoms with Crippen molar-refractivity contribution >= 4 is 31.1 Å². The Kier molecular flexibility index (Phi) is 6.34. The van der Waals surface area contributed by atoms with E-state index in [2.05, 4.69) is 0 Å². The fourth-order valence-electron chi connectivity index (χ4n) is 2.89. The molecule has 0 unspecified atom stereocenters. The van der Waals surface area contributed by atoms with Gasteiger partial charge < -0.3 is 23.7 Å². The van der Waals surface area contributed by atoms with Crippen molar-refractivity contribution in [3.63, 3.8) is 0 Å². The summed E-state index contributed by atoms with van der Waals surface area (Å²) in [5.41, 5.74) is -0.318. The molecular formula is C20H31BClNO5. The molecule has 2 heterocycles. The SMILES string of the molecule is CC(C)(C)OC(=O)N1CC(Oc2cccc(B3OC(C)(C)C(C)(C)O3)c2)C1.Cl. The topological polar surface area (TPSA) is 57.2 Å². The van der Waals surface area contributed by atoms with Gasteiger partial charge in [-0.05, 0) is 66.1 Å². The Balaban J connectivity index is 0.00000280. The van der Waals surface area contributed by atoms with E-state index in [1.165, 1.54) is 0 Å². The van der Waals surface area contributed by atoms with E-state index in [9.17, 15) is 4.79 Å². The average molecular weight is 412 g/mol. The lowest BCUT2D eigenvalue weighted by molar-refractivity contribution is -0.0221. The van der Waals surface area contributed by atoms with E-state index in [0.29, 0.717) is 13.1 Å². The second kappa shape index (κ2) is 7.77. The van der Waals surface area contributed by atoms with Crippen molar-refractivity contribution in [1.29, 1.82) is 0 Å². The number of hydrogen-bond acceptors (Lipinski definition) is 5. The Morgan fingerprint density at radius 3 is 2.25 bits per heavy atom. The normalized spacial score (nSPS) is 21.0. The van der Waals surface area contributed by atoms with E-state index < -0.39 is 12.7 Å². The summed E-state index contributed by atoms with van der Waals surface area (Å²) in [6.45, 7) is 14.8. The summed E-state index contributed by atoms with van der Waals surface area (Å²) in [6.07, 6.45) is -0.334. The van der Waals surface area contributed by atoms with Crippen LogP contribution in [-0.4, -0.2) is 54.1 Å². The van der Waals surface area contributed by atoms with Crippen LogP contribution in [-0.2, 0) is 14.0 Å². The summed E-state index contributed by atoms with van der Waals surface area (Å²) < 4.78 is 23.6. The van der Waals surface area contributed by atoms with Crippen molar-refractivity contribution in [1.82, 2.24) is 4.90 Å². The molecule has 8 heteroatoms. The van der Waals surface area contributed by atoms with Crippen molar-refractivity contribution in [2.75, 3.05) is 13.1 Å². The van der Waals surface area contributed by atoms with Crippen LogP contribution in [0.3, 0.4) is 0 Å². The number of ether oxygens (including phenoxy) is 2. The number of carbonyl (C=O) groups excluding carboxylic acids is 1. The van der Waals surface area contributed by atoms with E-state index >= 15 is 0 Å². The molecule has 2 fully saturated rings. The Bertz CT molecular complexity index is 697. The molecule has 2 aliphatic rings.